The molecule has 4 rings (SSSR count). The molecule has 35 heavy (non-hydrogen) atoms. The Hall–Kier alpha value is -3.40. The van der Waals surface area contributed by atoms with E-state index in [1.807, 2.05) is 24.6 Å². The number of allylic oxidation sites excluding steroid dienone is 2. The molecule has 0 amide bonds. The fourth-order valence-corrected chi connectivity index (χ4v) is 4.32. The number of halogens is 2. The van der Waals surface area contributed by atoms with Crippen LogP contribution in [0.15, 0.2) is 58.6 Å². The van der Waals surface area contributed by atoms with E-state index in [1.165, 1.54) is 28.8 Å². The van der Waals surface area contributed by atoms with E-state index in [2.05, 4.69) is 27.1 Å². The number of aromatic nitrogens is 4. The van der Waals surface area contributed by atoms with E-state index >= 15 is 0 Å². The van der Waals surface area contributed by atoms with Crippen molar-refractivity contribution in [2.75, 3.05) is 23.5 Å². The van der Waals surface area contributed by atoms with E-state index in [-0.39, 0.29) is 11.6 Å². The van der Waals surface area contributed by atoms with Crippen molar-refractivity contribution >= 4 is 34.7 Å². The van der Waals surface area contributed by atoms with Crippen LogP contribution in [0.3, 0.4) is 0 Å². The van der Waals surface area contributed by atoms with Crippen molar-refractivity contribution in [2.24, 2.45) is 18.0 Å². The van der Waals surface area contributed by atoms with Gasteiger partial charge in [-0.05, 0) is 56.6 Å². The summed E-state index contributed by atoms with van der Waals surface area (Å²) in [6.07, 6.45) is 7.27. The first-order valence-electron chi connectivity index (χ1n) is 11.2. The molecular weight excluding hydrogens is 468 g/mol. The van der Waals surface area contributed by atoms with Crippen LogP contribution in [0, 0.1) is 24.5 Å². The van der Waals surface area contributed by atoms with Crippen LogP contribution in [0.1, 0.15) is 31.2 Å². The Morgan fingerprint density at radius 1 is 1.29 bits per heavy atom. The summed E-state index contributed by atoms with van der Waals surface area (Å²) in [5.41, 5.74) is 3.33. The van der Waals surface area contributed by atoms with Crippen LogP contribution < -0.4 is 10.2 Å². The molecule has 2 N–H and O–H groups in total. The summed E-state index contributed by atoms with van der Waals surface area (Å²) in [4.78, 5) is 11.0. The van der Waals surface area contributed by atoms with Crippen LogP contribution in [0.2, 0.25) is 0 Å². The topological polar surface area (TPSA) is 74.1 Å². The molecule has 184 valence electrons. The smallest absolute Gasteiger partial charge is 0.153 e. The van der Waals surface area contributed by atoms with Crippen molar-refractivity contribution in [1.82, 2.24) is 19.7 Å². The normalized spacial score (nSPS) is 14.7. The van der Waals surface area contributed by atoms with Crippen LogP contribution in [0.25, 0.3) is 5.57 Å². The summed E-state index contributed by atoms with van der Waals surface area (Å²) < 4.78 is 31.6. The zero-order chi connectivity index (χ0) is 25.3. The largest absolute Gasteiger partial charge is 0.334 e. The van der Waals surface area contributed by atoms with Crippen molar-refractivity contribution < 1.29 is 8.78 Å². The second-order valence-corrected chi connectivity index (χ2v) is 9.50. The number of aryl methyl sites for hydroxylation is 2. The minimum atomic E-state index is -0.644. The summed E-state index contributed by atoms with van der Waals surface area (Å²) in [5, 5.41) is 10.5. The number of thioether (sulfide) groups is 1. The molecule has 0 saturated heterocycles. The predicted molar refractivity (Wildman–Crippen MR) is 139 cm³/mol. The number of rotatable bonds is 8. The highest BCUT2D eigenvalue weighted by atomic mass is 32.2. The summed E-state index contributed by atoms with van der Waals surface area (Å²) in [6, 6.07) is 4.52. The van der Waals surface area contributed by atoms with Crippen LogP contribution in [-0.4, -0.2) is 38.9 Å². The van der Waals surface area contributed by atoms with Crippen molar-refractivity contribution in [3.05, 3.63) is 71.7 Å². The van der Waals surface area contributed by atoms with Crippen LogP contribution in [0.5, 0.6) is 0 Å². The summed E-state index contributed by atoms with van der Waals surface area (Å²) >= 11 is 1.28. The fourth-order valence-electron chi connectivity index (χ4n) is 3.88. The number of H-pyrrole nitrogens is 1. The first kappa shape index (κ1) is 24.7. The van der Waals surface area contributed by atoms with Crippen molar-refractivity contribution in [3.63, 3.8) is 0 Å². The van der Waals surface area contributed by atoms with E-state index < -0.39 is 11.6 Å². The number of anilines is 2. The lowest BCUT2D eigenvalue weighted by molar-refractivity contribution is 0.579. The van der Waals surface area contributed by atoms with Gasteiger partial charge in [0, 0.05) is 36.3 Å². The number of nitrogens with one attached hydrogen (secondary N) is 2. The van der Waals surface area contributed by atoms with Gasteiger partial charge in [0.05, 0.1) is 18.2 Å². The minimum absolute atomic E-state index is 0.155. The molecule has 0 aliphatic heterocycles. The Morgan fingerprint density at radius 2 is 1.97 bits per heavy atom. The Morgan fingerprint density at radius 3 is 2.49 bits per heavy atom. The average molecular weight is 498 g/mol. The molecule has 0 spiro atoms. The van der Waals surface area contributed by atoms with Gasteiger partial charge >= 0.3 is 0 Å². The molecule has 0 bridgehead atoms. The number of benzene rings is 1. The SMILES string of the molecule is C=C(/C(=C(\N=C(/C)N(C)c1c(F)cc(SC)cc1F)Nc1cc(C)[nH]n1)C1CC1)c1cncn1C. The van der Waals surface area contributed by atoms with E-state index in [4.69, 9.17) is 4.99 Å². The van der Waals surface area contributed by atoms with Crippen molar-refractivity contribution in [2.45, 2.75) is 31.6 Å². The van der Waals surface area contributed by atoms with E-state index in [0.717, 1.165) is 35.4 Å². The quantitative estimate of drug-likeness (QED) is 0.179. The molecule has 2 heterocycles. The molecule has 1 aromatic carbocycles. The first-order valence-corrected chi connectivity index (χ1v) is 12.4. The number of aliphatic imine (C=N–C) groups is 1. The third-order valence-electron chi connectivity index (χ3n) is 5.96. The summed E-state index contributed by atoms with van der Waals surface area (Å²) in [6.45, 7) is 7.98. The number of amidine groups is 1. The highest BCUT2D eigenvalue weighted by Crippen LogP contribution is 2.44. The van der Waals surface area contributed by atoms with Gasteiger partial charge in [-0.3, -0.25) is 5.10 Å². The molecule has 1 aliphatic carbocycles. The summed E-state index contributed by atoms with van der Waals surface area (Å²) in [5.74, 6) is 0.510. The molecule has 0 radical (unpaired) electrons. The molecule has 1 fully saturated rings. The van der Waals surface area contributed by atoms with Gasteiger partial charge in [-0.15, -0.1) is 11.8 Å². The van der Waals surface area contributed by atoms with Crippen LogP contribution in [0.4, 0.5) is 20.3 Å². The average Bonchev–Trinajstić information content (AvgIpc) is 3.41. The van der Waals surface area contributed by atoms with Gasteiger partial charge in [-0.25, -0.2) is 18.8 Å². The first-order chi connectivity index (χ1) is 16.7. The zero-order valence-corrected chi connectivity index (χ0v) is 21.3. The van der Waals surface area contributed by atoms with Gasteiger partial charge in [0.25, 0.3) is 0 Å². The molecular formula is C25H29F2N7S. The van der Waals surface area contributed by atoms with E-state index in [1.54, 1.807) is 32.8 Å². The van der Waals surface area contributed by atoms with Gasteiger partial charge in [-0.1, -0.05) is 6.58 Å². The van der Waals surface area contributed by atoms with Crippen LogP contribution in [-0.2, 0) is 7.05 Å². The third-order valence-corrected chi connectivity index (χ3v) is 6.67. The summed E-state index contributed by atoms with van der Waals surface area (Å²) in [7, 11) is 3.51. The highest BCUT2D eigenvalue weighted by Gasteiger charge is 2.32. The molecule has 0 unspecified atom stereocenters. The van der Waals surface area contributed by atoms with E-state index in [0.29, 0.717) is 22.4 Å². The van der Waals surface area contributed by atoms with Gasteiger partial charge in [0.1, 0.15) is 17.3 Å². The van der Waals surface area contributed by atoms with E-state index in [9.17, 15) is 8.78 Å². The number of imidazole rings is 1. The van der Waals surface area contributed by atoms with Gasteiger partial charge < -0.3 is 14.8 Å². The van der Waals surface area contributed by atoms with Crippen molar-refractivity contribution in [3.8, 4) is 0 Å². The lowest BCUT2D eigenvalue weighted by Gasteiger charge is -2.22. The molecule has 10 heteroatoms. The molecule has 0 atom stereocenters. The number of nitrogens with zero attached hydrogens (tertiary/aromatic N) is 5. The molecule has 7 nitrogen and oxygen atoms in total. The molecule has 2 aromatic heterocycles. The number of hydrogen-bond donors (Lipinski definition) is 2. The highest BCUT2D eigenvalue weighted by molar-refractivity contribution is 7.98. The van der Waals surface area contributed by atoms with Crippen molar-refractivity contribution in [1.29, 1.82) is 0 Å². The molecule has 1 aliphatic rings. The lowest BCUT2D eigenvalue weighted by Crippen LogP contribution is -2.26. The molecule has 1 saturated carbocycles. The lowest BCUT2D eigenvalue weighted by atomic mass is 10.00. The van der Waals surface area contributed by atoms with Gasteiger partial charge in [0.2, 0.25) is 0 Å². The standard InChI is InChI=1S/C25H29F2N7S/c1-14-9-22(32-31-14)30-25(23(17-7-8-17)15(2)21-12-28-13-33(21)4)29-16(3)34(5)24-19(26)10-18(35-6)11-20(24)27/h9-13,17H,2,7-8H2,1,3-6H3,(H2,30,31,32)/b25-23-,29-16+. The minimum Gasteiger partial charge on any atom is -0.334 e. The molecule has 3 aromatic rings. The Bertz CT molecular complexity index is 1290. The maximum atomic E-state index is 14.8. The maximum Gasteiger partial charge on any atom is 0.153 e. The zero-order valence-electron chi connectivity index (χ0n) is 20.5. The fraction of sp³-hybridized carbons (Fsp3) is 0.320. The van der Waals surface area contributed by atoms with Gasteiger partial charge in [-0.2, -0.15) is 5.10 Å². The predicted octanol–water partition coefficient (Wildman–Crippen LogP) is 5.75. The third kappa shape index (κ3) is 5.32. The second kappa shape index (κ2) is 10.1. The van der Waals surface area contributed by atoms with Crippen LogP contribution >= 0.6 is 11.8 Å². The Balaban J connectivity index is 1.80. The van der Waals surface area contributed by atoms with Gasteiger partial charge in [0.15, 0.2) is 17.5 Å². The monoisotopic (exact) mass is 497 g/mol. The Labute approximate surface area is 208 Å². The number of aromatic amines is 1. The number of hydrogen-bond acceptors (Lipinski definition) is 5. The maximum absolute atomic E-state index is 14.8. The second-order valence-electron chi connectivity index (χ2n) is 8.62. The Kier molecular flexibility index (Phi) is 7.11.